The summed E-state index contributed by atoms with van der Waals surface area (Å²) in [6.07, 6.45) is -1.60. The number of hydrogen-bond acceptors (Lipinski definition) is 5. The van der Waals surface area contributed by atoms with Crippen molar-refractivity contribution in [3.8, 4) is 5.75 Å². The zero-order valence-electron chi connectivity index (χ0n) is 17.9. The van der Waals surface area contributed by atoms with Crippen molar-refractivity contribution in [2.24, 2.45) is 17.8 Å². The van der Waals surface area contributed by atoms with Gasteiger partial charge in [-0.25, -0.2) is 4.79 Å². The Morgan fingerprint density at radius 2 is 1.88 bits per heavy atom. The number of likely N-dealkylation sites (tertiary alicyclic amines) is 1. The fourth-order valence-electron chi connectivity index (χ4n) is 4.20. The second-order valence-electron chi connectivity index (χ2n) is 8.49. The molecule has 2 aliphatic heterocycles. The van der Waals surface area contributed by atoms with Crippen molar-refractivity contribution in [2.75, 3.05) is 33.4 Å². The lowest BCUT2D eigenvalue weighted by atomic mass is 9.84. The monoisotopic (exact) mass is 458 g/mol. The Bertz CT molecular complexity index is 783. The Labute approximate surface area is 184 Å². The number of alkyl halides is 3. The minimum absolute atomic E-state index is 0.204. The molecule has 4 rings (SSSR count). The SMILES string of the molecule is COc1ccc(CN2CC[C@@H]3[C@@H](CO[C@@H]3CNC(=O)C3CC3)C2)cc1.O=C(O)C(F)(F)F. The first-order chi connectivity index (χ1) is 15.2. The van der Waals surface area contributed by atoms with Gasteiger partial charge in [0.2, 0.25) is 5.91 Å². The fourth-order valence-corrected chi connectivity index (χ4v) is 4.20. The number of halogens is 3. The summed E-state index contributed by atoms with van der Waals surface area (Å²) in [5, 5.41) is 10.2. The highest BCUT2D eigenvalue weighted by atomic mass is 19.4. The molecule has 0 spiro atoms. The van der Waals surface area contributed by atoms with Gasteiger partial charge in [0.25, 0.3) is 0 Å². The van der Waals surface area contributed by atoms with Gasteiger partial charge in [-0.3, -0.25) is 9.69 Å². The number of piperidine rings is 1. The minimum atomic E-state index is -5.08. The zero-order valence-corrected chi connectivity index (χ0v) is 17.9. The Balaban J connectivity index is 0.000000360. The van der Waals surface area contributed by atoms with Crippen LogP contribution in [0.2, 0.25) is 0 Å². The van der Waals surface area contributed by atoms with Gasteiger partial charge in [0.15, 0.2) is 0 Å². The van der Waals surface area contributed by atoms with E-state index >= 15 is 0 Å². The van der Waals surface area contributed by atoms with Gasteiger partial charge in [0.05, 0.1) is 19.8 Å². The van der Waals surface area contributed by atoms with Crippen molar-refractivity contribution in [2.45, 2.75) is 38.1 Å². The van der Waals surface area contributed by atoms with Crippen molar-refractivity contribution in [1.29, 1.82) is 0 Å². The first-order valence-corrected chi connectivity index (χ1v) is 10.7. The largest absolute Gasteiger partial charge is 0.497 e. The minimum Gasteiger partial charge on any atom is -0.497 e. The third-order valence-electron chi connectivity index (χ3n) is 6.11. The quantitative estimate of drug-likeness (QED) is 0.682. The van der Waals surface area contributed by atoms with E-state index in [4.69, 9.17) is 19.4 Å². The van der Waals surface area contributed by atoms with Crippen LogP contribution in [0, 0.1) is 17.8 Å². The van der Waals surface area contributed by atoms with Gasteiger partial charge in [0.1, 0.15) is 5.75 Å². The predicted octanol–water partition coefficient (Wildman–Crippen LogP) is 2.69. The first kappa shape index (κ1) is 24.3. The molecular weight excluding hydrogens is 429 g/mol. The fraction of sp³-hybridized carbons (Fsp3) is 0.636. The Morgan fingerprint density at radius 1 is 1.22 bits per heavy atom. The van der Waals surface area contributed by atoms with Crippen LogP contribution in [0.25, 0.3) is 0 Å². The van der Waals surface area contributed by atoms with E-state index in [2.05, 4.69) is 22.3 Å². The van der Waals surface area contributed by atoms with Gasteiger partial charge in [-0.1, -0.05) is 12.1 Å². The molecule has 2 heterocycles. The molecule has 2 saturated heterocycles. The van der Waals surface area contributed by atoms with E-state index in [1.54, 1.807) is 7.11 Å². The summed E-state index contributed by atoms with van der Waals surface area (Å²) in [4.78, 5) is 23.3. The molecule has 2 N–H and O–H groups in total. The van der Waals surface area contributed by atoms with Crippen LogP contribution in [0.15, 0.2) is 24.3 Å². The summed E-state index contributed by atoms with van der Waals surface area (Å²) in [5.41, 5.74) is 1.33. The number of nitrogens with one attached hydrogen (secondary N) is 1. The van der Waals surface area contributed by atoms with Gasteiger partial charge in [-0.15, -0.1) is 0 Å². The molecule has 32 heavy (non-hydrogen) atoms. The maximum atomic E-state index is 11.8. The van der Waals surface area contributed by atoms with Gasteiger partial charge >= 0.3 is 12.1 Å². The topological polar surface area (TPSA) is 88.1 Å². The van der Waals surface area contributed by atoms with Gasteiger partial charge < -0.3 is 19.9 Å². The molecule has 0 bridgehead atoms. The number of methoxy groups -OCH3 is 1. The number of fused-ring (bicyclic) bond motifs is 1. The number of carboxylic acid groups (broad SMARTS) is 1. The van der Waals surface area contributed by atoms with Gasteiger partial charge in [0, 0.05) is 31.5 Å². The number of benzene rings is 1. The third-order valence-corrected chi connectivity index (χ3v) is 6.11. The Hall–Kier alpha value is -2.33. The molecule has 7 nitrogen and oxygen atoms in total. The number of nitrogens with zero attached hydrogens (tertiary/aromatic N) is 1. The van der Waals surface area contributed by atoms with E-state index in [9.17, 15) is 18.0 Å². The Kier molecular flexibility index (Phi) is 8.00. The number of amides is 1. The van der Waals surface area contributed by atoms with Crippen LogP contribution >= 0.6 is 0 Å². The van der Waals surface area contributed by atoms with Crippen molar-refractivity contribution in [1.82, 2.24) is 10.2 Å². The molecule has 0 unspecified atom stereocenters. The molecule has 0 aromatic heterocycles. The number of aliphatic carboxylic acids is 1. The average molecular weight is 458 g/mol. The highest BCUT2D eigenvalue weighted by Crippen LogP contribution is 2.35. The Morgan fingerprint density at radius 3 is 2.44 bits per heavy atom. The summed E-state index contributed by atoms with van der Waals surface area (Å²) in [6.45, 7) is 4.69. The number of ether oxygens (including phenoxy) is 2. The molecule has 178 valence electrons. The normalized spacial score (nSPS) is 25.3. The number of carboxylic acids is 1. The van der Waals surface area contributed by atoms with Crippen LogP contribution < -0.4 is 10.1 Å². The number of hydrogen-bond donors (Lipinski definition) is 2. The molecule has 1 saturated carbocycles. The van der Waals surface area contributed by atoms with Crippen LogP contribution in [0.1, 0.15) is 24.8 Å². The molecule has 1 aromatic carbocycles. The van der Waals surface area contributed by atoms with Crippen LogP contribution in [0.5, 0.6) is 5.75 Å². The molecule has 3 fully saturated rings. The average Bonchev–Trinajstić information content (AvgIpc) is 3.53. The van der Waals surface area contributed by atoms with Crippen molar-refractivity contribution < 1.29 is 37.3 Å². The molecular formula is C22H29F3N2O5. The van der Waals surface area contributed by atoms with E-state index in [1.165, 1.54) is 5.56 Å². The van der Waals surface area contributed by atoms with Crippen molar-refractivity contribution >= 4 is 11.9 Å². The van der Waals surface area contributed by atoms with E-state index in [0.29, 0.717) is 18.4 Å². The molecule has 1 amide bonds. The van der Waals surface area contributed by atoms with Crippen LogP contribution in [0.3, 0.4) is 0 Å². The van der Waals surface area contributed by atoms with E-state index in [-0.39, 0.29) is 17.9 Å². The lowest BCUT2D eigenvalue weighted by molar-refractivity contribution is -0.192. The maximum absolute atomic E-state index is 11.8. The molecule has 1 aliphatic carbocycles. The molecule has 10 heteroatoms. The van der Waals surface area contributed by atoms with Crippen LogP contribution in [-0.2, 0) is 20.9 Å². The third kappa shape index (κ3) is 6.83. The molecule has 3 aliphatic rings. The number of carbonyl (C=O) groups excluding carboxylic acids is 1. The summed E-state index contributed by atoms with van der Waals surface area (Å²) >= 11 is 0. The van der Waals surface area contributed by atoms with Gasteiger partial charge in [-0.05, 0) is 49.4 Å². The summed E-state index contributed by atoms with van der Waals surface area (Å²) in [6, 6.07) is 8.34. The van der Waals surface area contributed by atoms with Crippen LogP contribution in [0.4, 0.5) is 13.2 Å². The number of rotatable bonds is 6. The van der Waals surface area contributed by atoms with Crippen molar-refractivity contribution in [3.63, 3.8) is 0 Å². The lowest BCUT2D eigenvalue weighted by Crippen LogP contribution is -2.43. The predicted molar refractivity (Wildman–Crippen MR) is 109 cm³/mol. The lowest BCUT2D eigenvalue weighted by Gasteiger charge is -2.35. The van der Waals surface area contributed by atoms with Crippen molar-refractivity contribution in [3.05, 3.63) is 29.8 Å². The van der Waals surface area contributed by atoms with E-state index < -0.39 is 12.1 Å². The molecule has 0 radical (unpaired) electrons. The summed E-state index contributed by atoms with van der Waals surface area (Å²) in [5.74, 6) is -0.163. The standard InChI is InChI=1S/C20H28N2O3.C2HF3O2/c1-24-17-6-2-14(3-7-17)11-22-9-8-18-16(12-22)13-25-19(18)10-21-20(23)15-4-5-15;3-2(4,5)1(6)7/h2-3,6-7,15-16,18-19H,4-5,8-13H2,1H3,(H,21,23);(H,6,7)/t16-,18-,19-;/m1./s1. The van der Waals surface area contributed by atoms with Crippen LogP contribution in [-0.4, -0.2) is 67.5 Å². The summed E-state index contributed by atoms with van der Waals surface area (Å²) < 4.78 is 43.0. The molecule has 3 atom stereocenters. The van der Waals surface area contributed by atoms with E-state index in [0.717, 1.165) is 51.3 Å². The zero-order chi connectivity index (χ0) is 23.3. The highest BCUT2D eigenvalue weighted by Gasteiger charge is 2.41. The first-order valence-electron chi connectivity index (χ1n) is 10.7. The highest BCUT2D eigenvalue weighted by molar-refractivity contribution is 5.80. The maximum Gasteiger partial charge on any atom is 0.490 e. The second-order valence-corrected chi connectivity index (χ2v) is 8.49. The van der Waals surface area contributed by atoms with E-state index in [1.807, 2.05) is 12.1 Å². The summed E-state index contributed by atoms with van der Waals surface area (Å²) in [7, 11) is 1.70. The number of carbonyl (C=O) groups is 2. The second kappa shape index (κ2) is 10.5. The van der Waals surface area contributed by atoms with Gasteiger partial charge in [-0.2, -0.15) is 13.2 Å². The molecule has 1 aromatic rings. The smallest absolute Gasteiger partial charge is 0.490 e.